The van der Waals surface area contributed by atoms with Gasteiger partial charge in [-0.2, -0.15) is 0 Å². The third kappa shape index (κ3) is 2.72. The highest BCUT2D eigenvalue weighted by Gasteiger charge is 2.34. The van der Waals surface area contributed by atoms with Crippen LogP contribution in [0.1, 0.15) is 28.9 Å². The zero-order valence-corrected chi connectivity index (χ0v) is 14.1. The maximum absolute atomic E-state index is 12.6. The SMILES string of the molecule is Cc1cc(C)c2c([nH+]1)CN(C(=O)CC1CN(c3ccncn3)C1)C2. The number of aromatic amines is 1. The smallest absolute Gasteiger partial charge is 0.223 e. The van der Waals surface area contributed by atoms with Crippen molar-refractivity contribution >= 4 is 11.7 Å². The minimum atomic E-state index is 0.254. The first-order valence-electron chi connectivity index (χ1n) is 8.40. The van der Waals surface area contributed by atoms with Gasteiger partial charge in [0.25, 0.3) is 0 Å². The number of nitrogens with zero attached hydrogens (tertiary/aromatic N) is 4. The van der Waals surface area contributed by atoms with Gasteiger partial charge in [-0.1, -0.05) is 0 Å². The van der Waals surface area contributed by atoms with Crippen LogP contribution in [0.15, 0.2) is 24.7 Å². The molecule has 6 heteroatoms. The van der Waals surface area contributed by atoms with Crippen molar-refractivity contribution in [2.24, 2.45) is 5.92 Å². The van der Waals surface area contributed by atoms with E-state index in [1.807, 2.05) is 11.0 Å². The minimum absolute atomic E-state index is 0.254. The Morgan fingerprint density at radius 2 is 2.17 bits per heavy atom. The fourth-order valence-electron chi connectivity index (χ4n) is 3.70. The van der Waals surface area contributed by atoms with Crippen molar-refractivity contribution in [1.29, 1.82) is 0 Å². The number of hydrogen-bond donors (Lipinski definition) is 0. The van der Waals surface area contributed by atoms with Gasteiger partial charge in [0.05, 0.1) is 6.54 Å². The maximum atomic E-state index is 12.6. The number of hydrogen-bond acceptors (Lipinski definition) is 4. The first kappa shape index (κ1) is 15.1. The van der Waals surface area contributed by atoms with Crippen LogP contribution in [0, 0.1) is 19.8 Å². The number of amides is 1. The molecule has 2 aromatic rings. The Bertz CT molecular complexity index is 770. The highest BCUT2D eigenvalue weighted by atomic mass is 16.2. The van der Waals surface area contributed by atoms with E-state index in [9.17, 15) is 4.79 Å². The first-order chi connectivity index (χ1) is 11.6. The van der Waals surface area contributed by atoms with Crippen molar-refractivity contribution in [1.82, 2.24) is 14.9 Å². The second-order valence-electron chi connectivity index (χ2n) is 6.88. The molecule has 0 unspecified atom stereocenters. The standard InChI is InChI=1S/C18H21N5O/c1-12-5-13(2)21-16-10-23(9-15(12)16)18(24)6-14-7-22(8-14)17-3-4-19-11-20-17/h3-5,11,14H,6-10H2,1-2H3/p+1. The molecule has 6 nitrogen and oxygen atoms in total. The van der Waals surface area contributed by atoms with E-state index >= 15 is 0 Å². The normalized spacial score (nSPS) is 16.9. The Kier molecular flexibility index (Phi) is 3.67. The predicted molar refractivity (Wildman–Crippen MR) is 89.1 cm³/mol. The van der Waals surface area contributed by atoms with E-state index in [0.717, 1.165) is 31.1 Å². The van der Waals surface area contributed by atoms with Crippen molar-refractivity contribution in [2.75, 3.05) is 18.0 Å². The monoisotopic (exact) mass is 324 g/mol. The Labute approximate surface area is 141 Å². The Morgan fingerprint density at radius 3 is 2.92 bits per heavy atom. The number of H-pyrrole nitrogens is 1. The van der Waals surface area contributed by atoms with E-state index in [1.165, 1.54) is 16.8 Å². The van der Waals surface area contributed by atoms with E-state index in [-0.39, 0.29) is 5.91 Å². The molecule has 0 bridgehead atoms. The molecule has 2 aliphatic heterocycles. The van der Waals surface area contributed by atoms with Gasteiger partial charge < -0.3 is 9.80 Å². The quantitative estimate of drug-likeness (QED) is 0.853. The van der Waals surface area contributed by atoms with Crippen LogP contribution < -0.4 is 9.88 Å². The molecule has 0 saturated carbocycles. The molecule has 24 heavy (non-hydrogen) atoms. The lowest BCUT2D eigenvalue weighted by Gasteiger charge is -2.40. The molecule has 0 aromatic carbocycles. The lowest BCUT2D eigenvalue weighted by atomic mass is 9.95. The van der Waals surface area contributed by atoms with E-state index in [4.69, 9.17) is 0 Å². The number of nitrogens with one attached hydrogen (secondary N) is 1. The van der Waals surface area contributed by atoms with Crippen LogP contribution in [0.3, 0.4) is 0 Å². The summed E-state index contributed by atoms with van der Waals surface area (Å²) in [6, 6.07) is 4.06. The third-order valence-electron chi connectivity index (χ3n) is 4.98. The van der Waals surface area contributed by atoms with Crippen LogP contribution >= 0.6 is 0 Å². The number of aryl methyl sites for hydroxylation is 2. The molecule has 0 radical (unpaired) electrons. The van der Waals surface area contributed by atoms with Crippen molar-refractivity contribution in [3.8, 4) is 0 Å². The van der Waals surface area contributed by atoms with E-state index in [0.29, 0.717) is 18.9 Å². The number of rotatable bonds is 3. The fourth-order valence-corrected chi connectivity index (χ4v) is 3.70. The molecule has 0 atom stereocenters. The highest BCUT2D eigenvalue weighted by molar-refractivity contribution is 5.77. The number of pyridine rings is 1. The van der Waals surface area contributed by atoms with Crippen molar-refractivity contribution in [2.45, 2.75) is 33.4 Å². The lowest BCUT2D eigenvalue weighted by molar-refractivity contribution is -0.400. The van der Waals surface area contributed by atoms with Crippen LogP contribution in [0.2, 0.25) is 0 Å². The zero-order valence-electron chi connectivity index (χ0n) is 14.1. The van der Waals surface area contributed by atoms with Crippen molar-refractivity contribution in [3.05, 3.63) is 47.2 Å². The molecule has 4 rings (SSSR count). The molecule has 4 heterocycles. The average Bonchev–Trinajstić information content (AvgIpc) is 2.95. The molecule has 2 aromatic heterocycles. The molecular weight excluding hydrogens is 302 g/mol. The number of carbonyl (C=O) groups excluding carboxylic acids is 1. The summed E-state index contributed by atoms with van der Waals surface area (Å²) in [5, 5.41) is 0. The van der Waals surface area contributed by atoms with Gasteiger partial charge in [0, 0.05) is 50.2 Å². The molecule has 1 fully saturated rings. The fraction of sp³-hybridized carbons (Fsp3) is 0.444. The van der Waals surface area contributed by atoms with Crippen molar-refractivity contribution < 1.29 is 9.78 Å². The third-order valence-corrected chi connectivity index (χ3v) is 4.98. The lowest BCUT2D eigenvalue weighted by Crippen LogP contribution is -2.49. The van der Waals surface area contributed by atoms with Crippen LogP contribution in [-0.4, -0.2) is 33.9 Å². The van der Waals surface area contributed by atoms with Crippen LogP contribution in [0.5, 0.6) is 0 Å². The van der Waals surface area contributed by atoms with Crippen LogP contribution in [0.4, 0.5) is 5.82 Å². The summed E-state index contributed by atoms with van der Waals surface area (Å²) in [5.74, 6) is 1.62. The van der Waals surface area contributed by atoms with E-state index < -0.39 is 0 Å². The maximum Gasteiger partial charge on any atom is 0.223 e. The Morgan fingerprint density at radius 1 is 1.33 bits per heavy atom. The summed E-state index contributed by atoms with van der Waals surface area (Å²) in [6.45, 7) is 7.42. The largest absolute Gasteiger partial charge is 0.356 e. The van der Waals surface area contributed by atoms with Gasteiger partial charge in [-0.05, 0) is 18.6 Å². The van der Waals surface area contributed by atoms with Gasteiger partial charge in [-0.3, -0.25) is 4.79 Å². The number of anilines is 1. The van der Waals surface area contributed by atoms with Gasteiger partial charge >= 0.3 is 0 Å². The predicted octanol–water partition coefficient (Wildman–Crippen LogP) is 1.28. The van der Waals surface area contributed by atoms with E-state index in [2.05, 4.69) is 39.8 Å². The molecule has 1 saturated heterocycles. The molecule has 1 amide bonds. The summed E-state index contributed by atoms with van der Waals surface area (Å²) in [5.41, 5.74) is 4.90. The average molecular weight is 324 g/mol. The molecule has 0 spiro atoms. The van der Waals surface area contributed by atoms with Gasteiger partial charge in [0.15, 0.2) is 5.69 Å². The minimum Gasteiger partial charge on any atom is -0.356 e. The van der Waals surface area contributed by atoms with Crippen LogP contribution in [0.25, 0.3) is 0 Å². The van der Waals surface area contributed by atoms with Gasteiger partial charge in [0.2, 0.25) is 11.6 Å². The summed E-state index contributed by atoms with van der Waals surface area (Å²) >= 11 is 0. The van der Waals surface area contributed by atoms with Gasteiger partial charge in [0.1, 0.15) is 18.7 Å². The highest BCUT2D eigenvalue weighted by Crippen LogP contribution is 2.28. The zero-order chi connectivity index (χ0) is 16.7. The molecule has 124 valence electrons. The van der Waals surface area contributed by atoms with Crippen molar-refractivity contribution in [3.63, 3.8) is 0 Å². The summed E-state index contributed by atoms with van der Waals surface area (Å²) in [4.78, 5) is 28.4. The molecule has 1 N–H and O–H groups in total. The molecule has 2 aliphatic rings. The summed E-state index contributed by atoms with van der Waals surface area (Å²) < 4.78 is 0. The first-order valence-corrected chi connectivity index (χ1v) is 8.40. The number of fused-ring (bicyclic) bond motifs is 1. The second-order valence-corrected chi connectivity index (χ2v) is 6.88. The molecular formula is C18H22N5O+. The summed E-state index contributed by atoms with van der Waals surface area (Å²) in [7, 11) is 0. The van der Waals surface area contributed by atoms with Crippen LogP contribution in [-0.2, 0) is 17.9 Å². The number of aromatic nitrogens is 3. The second kappa shape index (κ2) is 5.85. The topological polar surface area (TPSA) is 63.5 Å². The summed E-state index contributed by atoms with van der Waals surface area (Å²) in [6.07, 6.45) is 3.94. The van der Waals surface area contributed by atoms with E-state index in [1.54, 1.807) is 12.5 Å². The van der Waals surface area contributed by atoms with Gasteiger partial charge in [-0.15, -0.1) is 0 Å². The number of carbonyl (C=O) groups is 1. The Balaban J connectivity index is 1.33. The Hall–Kier alpha value is -2.50. The van der Waals surface area contributed by atoms with Gasteiger partial charge in [-0.25, -0.2) is 15.0 Å². The molecule has 0 aliphatic carbocycles.